The van der Waals surface area contributed by atoms with Crippen LogP contribution in [0.3, 0.4) is 0 Å². The molecule has 2 atom stereocenters. The summed E-state index contributed by atoms with van der Waals surface area (Å²) in [5.74, 6) is -0.204. The number of aliphatic hydroxyl groups excluding tert-OH is 2. The van der Waals surface area contributed by atoms with Crippen LogP contribution in [0.5, 0.6) is 0 Å². The summed E-state index contributed by atoms with van der Waals surface area (Å²) in [7, 11) is 0. The van der Waals surface area contributed by atoms with Gasteiger partial charge in [0, 0.05) is 31.2 Å². The Balaban J connectivity index is 1.91. The van der Waals surface area contributed by atoms with Crippen molar-refractivity contribution in [2.75, 3.05) is 19.7 Å². The number of carbonyl (C=O) groups excluding carboxylic acids is 1. The van der Waals surface area contributed by atoms with Crippen LogP contribution in [0.1, 0.15) is 22.3 Å². The number of β-amino-alcohol motifs (C(OH)–C–C–N with tert-alkyl or cyclic N) is 1. The first-order chi connectivity index (χ1) is 11.6. The van der Waals surface area contributed by atoms with E-state index in [1.54, 1.807) is 4.90 Å². The van der Waals surface area contributed by atoms with Crippen LogP contribution in [-0.2, 0) is 0 Å². The second kappa shape index (κ2) is 7.16. The van der Waals surface area contributed by atoms with Crippen LogP contribution < -0.4 is 0 Å². The van der Waals surface area contributed by atoms with Crippen molar-refractivity contribution in [2.45, 2.75) is 19.4 Å². The largest absolute Gasteiger partial charge is 0.396 e. The molecule has 0 bridgehead atoms. The number of likely N-dealkylation sites (tertiary alicyclic amines) is 1. The molecule has 0 aromatic heterocycles. The van der Waals surface area contributed by atoms with Crippen LogP contribution in [0.25, 0.3) is 11.1 Å². The average molecular weight is 325 g/mol. The number of benzene rings is 2. The maximum atomic E-state index is 13.0. The van der Waals surface area contributed by atoms with Crippen LogP contribution in [0.4, 0.5) is 0 Å². The number of amides is 1. The summed E-state index contributed by atoms with van der Waals surface area (Å²) in [6, 6.07) is 15.6. The predicted molar refractivity (Wildman–Crippen MR) is 93.7 cm³/mol. The summed E-state index contributed by atoms with van der Waals surface area (Å²) < 4.78 is 0. The highest BCUT2D eigenvalue weighted by atomic mass is 16.3. The van der Waals surface area contributed by atoms with Gasteiger partial charge in [-0.1, -0.05) is 42.5 Å². The van der Waals surface area contributed by atoms with E-state index in [2.05, 4.69) is 0 Å². The van der Waals surface area contributed by atoms with Gasteiger partial charge in [-0.25, -0.2) is 0 Å². The second-order valence-corrected chi connectivity index (χ2v) is 6.41. The second-order valence-electron chi connectivity index (χ2n) is 6.41. The van der Waals surface area contributed by atoms with Gasteiger partial charge in [0.1, 0.15) is 0 Å². The topological polar surface area (TPSA) is 60.8 Å². The lowest BCUT2D eigenvalue weighted by Gasteiger charge is -2.35. The van der Waals surface area contributed by atoms with E-state index in [4.69, 9.17) is 0 Å². The van der Waals surface area contributed by atoms with Gasteiger partial charge in [0.15, 0.2) is 0 Å². The molecule has 0 saturated carbocycles. The lowest BCUT2D eigenvalue weighted by Crippen LogP contribution is -2.47. The van der Waals surface area contributed by atoms with E-state index in [-0.39, 0.29) is 25.0 Å². The van der Waals surface area contributed by atoms with Crippen molar-refractivity contribution < 1.29 is 15.0 Å². The van der Waals surface area contributed by atoms with E-state index in [0.717, 1.165) is 16.7 Å². The predicted octanol–water partition coefficient (Wildman–Crippen LogP) is 2.48. The Morgan fingerprint density at radius 3 is 2.46 bits per heavy atom. The molecule has 0 aliphatic carbocycles. The van der Waals surface area contributed by atoms with Gasteiger partial charge in [0.05, 0.1) is 6.10 Å². The van der Waals surface area contributed by atoms with E-state index in [0.29, 0.717) is 18.5 Å². The Morgan fingerprint density at radius 1 is 1.12 bits per heavy atom. The minimum Gasteiger partial charge on any atom is -0.396 e. The molecule has 24 heavy (non-hydrogen) atoms. The van der Waals surface area contributed by atoms with E-state index in [1.165, 1.54) is 0 Å². The van der Waals surface area contributed by atoms with Crippen LogP contribution in [0, 0.1) is 12.8 Å². The molecule has 4 nitrogen and oxygen atoms in total. The summed E-state index contributed by atoms with van der Waals surface area (Å²) in [5, 5.41) is 19.4. The van der Waals surface area contributed by atoms with Crippen molar-refractivity contribution in [3.63, 3.8) is 0 Å². The highest BCUT2D eigenvalue weighted by molar-refractivity contribution is 6.01. The zero-order valence-corrected chi connectivity index (χ0v) is 13.9. The van der Waals surface area contributed by atoms with E-state index in [9.17, 15) is 15.0 Å². The number of hydrogen-bond acceptors (Lipinski definition) is 3. The average Bonchev–Trinajstić information content (AvgIpc) is 2.61. The molecule has 3 rings (SSSR count). The molecular weight excluding hydrogens is 302 g/mol. The Hall–Kier alpha value is -2.17. The molecular formula is C20H23NO3. The lowest BCUT2D eigenvalue weighted by atomic mass is 9.92. The fourth-order valence-electron chi connectivity index (χ4n) is 3.33. The fourth-order valence-corrected chi connectivity index (χ4v) is 3.33. The monoisotopic (exact) mass is 325 g/mol. The van der Waals surface area contributed by atoms with Gasteiger partial charge >= 0.3 is 0 Å². The third-order valence-electron chi connectivity index (χ3n) is 4.84. The van der Waals surface area contributed by atoms with Crippen molar-refractivity contribution >= 4 is 5.91 Å². The summed E-state index contributed by atoms with van der Waals surface area (Å²) >= 11 is 0. The van der Waals surface area contributed by atoms with Crippen LogP contribution >= 0.6 is 0 Å². The summed E-state index contributed by atoms with van der Waals surface area (Å²) in [6.07, 6.45) is -0.0472. The summed E-state index contributed by atoms with van der Waals surface area (Å²) in [6.45, 7) is 2.82. The van der Waals surface area contributed by atoms with Crippen LogP contribution in [-0.4, -0.2) is 46.8 Å². The number of aliphatic hydroxyl groups is 2. The van der Waals surface area contributed by atoms with E-state index in [1.807, 2.05) is 55.5 Å². The molecule has 1 fully saturated rings. The molecule has 1 amide bonds. The van der Waals surface area contributed by atoms with Gasteiger partial charge in [-0.15, -0.1) is 0 Å². The molecule has 2 N–H and O–H groups in total. The molecule has 0 unspecified atom stereocenters. The zero-order valence-electron chi connectivity index (χ0n) is 13.9. The zero-order chi connectivity index (χ0) is 17.1. The van der Waals surface area contributed by atoms with Gasteiger partial charge in [-0.2, -0.15) is 0 Å². The van der Waals surface area contributed by atoms with Gasteiger partial charge in [0.25, 0.3) is 5.91 Å². The lowest BCUT2D eigenvalue weighted by molar-refractivity contribution is 0.000905. The van der Waals surface area contributed by atoms with Gasteiger partial charge in [-0.05, 0) is 36.1 Å². The molecule has 1 saturated heterocycles. The highest BCUT2D eigenvalue weighted by Gasteiger charge is 2.30. The summed E-state index contributed by atoms with van der Waals surface area (Å²) in [5.41, 5.74) is 3.74. The Kier molecular flexibility index (Phi) is 4.97. The molecule has 2 aromatic rings. The Labute approximate surface area is 142 Å². The fraction of sp³-hybridized carbons (Fsp3) is 0.350. The Bertz CT molecular complexity index is 728. The smallest absolute Gasteiger partial charge is 0.254 e. The summed E-state index contributed by atoms with van der Waals surface area (Å²) in [4.78, 5) is 14.7. The van der Waals surface area contributed by atoms with Crippen molar-refractivity contribution in [1.29, 1.82) is 0 Å². The first kappa shape index (κ1) is 16.7. The molecule has 4 heteroatoms. The maximum Gasteiger partial charge on any atom is 0.254 e. The molecule has 1 aliphatic rings. The molecule has 0 radical (unpaired) electrons. The van der Waals surface area contributed by atoms with Crippen molar-refractivity contribution in [2.24, 2.45) is 5.92 Å². The van der Waals surface area contributed by atoms with Crippen molar-refractivity contribution in [3.8, 4) is 11.1 Å². The van der Waals surface area contributed by atoms with Crippen molar-refractivity contribution in [3.05, 3.63) is 59.7 Å². The van der Waals surface area contributed by atoms with Gasteiger partial charge < -0.3 is 15.1 Å². The number of carbonyl (C=O) groups is 1. The molecule has 1 aliphatic heterocycles. The first-order valence-corrected chi connectivity index (χ1v) is 8.35. The molecule has 1 heterocycles. The van der Waals surface area contributed by atoms with Gasteiger partial charge in [0.2, 0.25) is 0 Å². The first-order valence-electron chi connectivity index (χ1n) is 8.35. The minimum absolute atomic E-state index is 0.0387. The number of nitrogens with zero attached hydrogens (tertiary/aromatic N) is 1. The molecule has 0 spiro atoms. The third kappa shape index (κ3) is 3.21. The van der Waals surface area contributed by atoms with E-state index < -0.39 is 6.10 Å². The molecule has 2 aromatic carbocycles. The van der Waals surface area contributed by atoms with Crippen LogP contribution in [0.15, 0.2) is 48.5 Å². The number of aryl methyl sites for hydroxylation is 1. The number of piperidine rings is 1. The molecule has 126 valence electrons. The third-order valence-corrected chi connectivity index (χ3v) is 4.84. The van der Waals surface area contributed by atoms with Crippen LogP contribution in [0.2, 0.25) is 0 Å². The van der Waals surface area contributed by atoms with Crippen molar-refractivity contribution in [1.82, 2.24) is 4.90 Å². The standard InChI is InChI=1S/C20H23NO3/c1-14-6-2-3-7-16(14)17-8-4-5-9-18(17)20(24)21-11-10-15(13-22)19(23)12-21/h2-9,15,19,22-23H,10-13H2,1H3/t15-,19+/m1/s1. The highest BCUT2D eigenvalue weighted by Crippen LogP contribution is 2.28. The Morgan fingerprint density at radius 2 is 1.79 bits per heavy atom. The SMILES string of the molecule is Cc1ccccc1-c1ccccc1C(=O)N1CC[C@H](CO)[C@@H](O)C1. The van der Waals surface area contributed by atoms with Gasteiger partial charge in [-0.3, -0.25) is 4.79 Å². The number of hydrogen-bond donors (Lipinski definition) is 2. The number of rotatable bonds is 3. The van der Waals surface area contributed by atoms with E-state index >= 15 is 0 Å². The minimum atomic E-state index is -0.668. The normalized spacial score (nSPS) is 20.9. The quantitative estimate of drug-likeness (QED) is 0.911. The maximum absolute atomic E-state index is 13.0.